The quantitative estimate of drug-likeness (QED) is 0.456. The van der Waals surface area contributed by atoms with Crippen molar-refractivity contribution >= 4 is 23.4 Å². The maximum Gasteiger partial charge on any atom is 0.243 e. The van der Waals surface area contributed by atoms with Crippen LogP contribution in [0.5, 0.6) is 5.75 Å². The Hall–Kier alpha value is -2.53. The van der Waals surface area contributed by atoms with E-state index < -0.39 is 6.04 Å². The van der Waals surface area contributed by atoms with Crippen LogP contribution in [0.25, 0.3) is 0 Å². The number of rotatable bonds is 12. The number of nitrogens with one attached hydrogen (secondary N) is 1. The van der Waals surface area contributed by atoms with Gasteiger partial charge in [0.15, 0.2) is 0 Å². The minimum atomic E-state index is -0.548. The van der Waals surface area contributed by atoms with Gasteiger partial charge in [-0.25, -0.2) is 0 Å². The van der Waals surface area contributed by atoms with E-state index in [4.69, 9.17) is 16.3 Å². The molecule has 0 aromatic heterocycles. The Labute approximate surface area is 190 Å². The van der Waals surface area contributed by atoms with Gasteiger partial charge < -0.3 is 15.0 Å². The van der Waals surface area contributed by atoms with Crippen molar-refractivity contribution in [2.45, 2.75) is 65.1 Å². The van der Waals surface area contributed by atoms with Gasteiger partial charge in [0.2, 0.25) is 11.8 Å². The van der Waals surface area contributed by atoms with E-state index in [1.165, 1.54) is 0 Å². The third kappa shape index (κ3) is 7.91. The minimum absolute atomic E-state index is 0.0538. The van der Waals surface area contributed by atoms with E-state index in [2.05, 4.69) is 5.32 Å². The Kier molecular flexibility index (Phi) is 10.4. The largest absolute Gasteiger partial charge is 0.494 e. The van der Waals surface area contributed by atoms with Gasteiger partial charge in [-0.05, 0) is 49.9 Å². The van der Waals surface area contributed by atoms with Crippen LogP contribution in [0, 0.1) is 0 Å². The zero-order valence-electron chi connectivity index (χ0n) is 18.6. The number of para-hydroxylation sites is 1. The van der Waals surface area contributed by atoms with Crippen molar-refractivity contribution in [3.05, 3.63) is 65.2 Å². The van der Waals surface area contributed by atoms with Gasteiger partial charge in [-0.1, -0.05) is 61.8 Å². The van der Waals surface area contributed by atoms with Crippen molar-refractivity contribution in [2.24, 2.45) is 0 Å². The van der Waals surface area contributed by atoms with Crippen molar-refractivity contribution in [1.82, 2.24) is 10.2 Å². The van der Waals surface area contributed by atoms with Gasteiger partial charge in [-0.3, -0.25) is 9.59 Å². The van der Waals surface area contributed by atoms with Gasteiger partial charge in [-0.2, -0.15) is 0 Å². The van der Waals surface area contributed by atoms with E-state index in [1.54, 1.807) is 11.0 Å². The van der Waals surface area contributed by atoms with E-state index >= 15 is 0 Å². The molecule has 0 aliphatic heterocycles. The lowest BCUT2D eigenvalue weighted by Gasteiger charge is -2.31. The van der Waals surface area contributed by atoms with Gasteiger partial charge in [-0.15, -0.1) is 0 Å². The van der Waals surface area contributed by atoms with Gasteiger partial charge in [0, 0.05) is 24.0 Å². The van der Waals surface area contributed by atoms with Crippen LogP contribution in [0.3, 0.4) is 0 Å². The lowest BCUT2D eigenvalue weighted by Crippen LogP contribution is -2.50. The van der Waals surface area contributed by atoms with Crippen LogP contribution in [-0.4, -0.2) is 35.4 Å². The smallest absolute Gasteiger partial charge is 0.243 e. The zero-order valence-corrected chi connectivity index (χ0v) is 19.4. The molecule has 2 aromatic rings. The molecule has 0 aliphatic rings. The van der Waals surface area contributed by atoms with Gasteiger partial charge in [0.1, 0.15) is 11.8 Å². The number of carbonyl (C=O) groups excluding carboxylic acids is 2. The number of ether oxygens (including phenoxy) is 1. The summed E-state index contributed by atoms with van der Waals surface area (Å²) in [7, 11) is 0. The second-order valence-corrected chi connectivity index (χ2v) is 8.03. The van der Waals surface area contributed by atoms with Crippen LogP contribution in [0.15, 0.2) is 54.6 Å². The maximum atomic E-state index is 13.2. The molecule has 0 heterocycles. The van der Waals surface area contributed by atoms with E-state index in [9.17, 15) is 9.59 Å². The molecule has 0 fully saturated rings. The third-order valence-corrected chi connectivity index (χ3v) is 5.60. The predicted octanol–water partition coefficient (Wildman–Crippen LogP) is 5.22. The molecule has 0 radical (unpaired) electrons. The van der Waals surface area contributed by atoms with Crippen LogP contribution < -0.4 is 10.1 Å². The SMILES string of the molecule is CC[C@H](C(=O)N[C@@H](C)CC)N(Cc1ccccc1Cl)C(=O)CCCOc1ccccc1. The molecule has 0 saturated carbocycles. The Morgan fingerprint density at radius 1 is 1.03 bits per heavy atom. The molecule has 31 heavy (non-hydrogen) atoms. The average Bonchev–Trinajstić information content (AvgIpc) is 2.78. The summed E-state index contributed by atoms with van der Waals surface area (Å²) >= 11 is 6.34. The lowest BCUT2D eigenvalue weighted by molar-refractivity contribution is -0.141. The molecule has 168 valence electrons. The van der Waals surface area contributed by atoms with Crippen molar-refractivity contribution in [2.75, 3.05) is 6.61 Å². The summed E-state index contributed by atoms with van der Waals surface area (Å²) in [4.78, 5) is 27.7. The van der Waals surface area contributed by atoms with Crippen molar-refractivity contribution in [3.8, 4) is 5.75 Å². The van der Waals surface area contributed by atoms with Gasteiger partial charge in [0.05, 0.1) is 6.61 Å². The monoisotopic (exact) mass is 444 g/mol. The second kappa shape index (κ2) is 13.0. The highest BCUT2D eigenvalue weighted by Crippen LogP contribution is 2.21. The Balaban J connectivity index is 2.08. The Morgan fingerprint density at radius 3 is 2.35 bits per heavy atom. The third-order valence-electron chi connectivity index (χ3n) is 5.23. The number of benzene rings is 2. The summed E-state index contributed by atoms with van der Waals surface area (Å²) in [5.74, 6) is 0.572. The summed E-state index contributed by atoms with van der Waals surface area (Å²) in [6, 6.07) is 16.5. The highest BCUT2D eigenvalue weighted by Gasteiger charge is 2.29. The fourth-order valence-electron chi connectivity index (χ4n) is 3.24. The molecular formula is C25H33ClN2O3. The molecule has 0 bridgehead atoms. The van der Waals surface area contributed by atoms with Crippen LogP contribution in [0.4, 0.5) is 0 Å². The molecule has 0 aliphatic carbocycles. The predicted molar refractivity (Wildman–Crippen MR) is 125 cm³/mol. The van der Waals surface area contributed by atoms with E-state index in [1.807, 2.05) is 69.3 Å². The number of hydrogen-bond acceptors (Lipinski definition) is 3. The fraction of sp³-hybridized carbons (Fsp3) is 0.440. The van der Waals surface area contributed by atoms with Crippen molar-refractivity contribution in [3.63, 3.8) is 0 Å². The molecule has 6 heteroatoms. The molecule has 2 amide bonds. The minimum Gasteiger partial charge on any atom is -0.494 e. The maximum absolute atomic E-state index is 13.2. The van der Waals surface area contributed by atoms with Gasteiger partial charge >= 0.3 is 0 Å². The molecule has 0 saturated heterocycles. The average molecular weight is 445 g/mol. The number of amides is 2. The van der Waals surface area contributed by atoms with Crippen LogP contribution in [-0.2, 0) is 16.1 Å². The number of nitrogens with zero attached hydrogens (tertiary/aromatic N) is 1. The molecule has 1 N–H and O–H groups in total. The number of carbonyl (C=O) groups is 2. The summed E-state index contributed by atoms with van der Waals surface area (Å²) in [5, 5.41) is 3.60. The van der Waals surface area contributed by atoms with Crippen LogP contribution >= 0.6 is 11.6 Å². The summed E-state index contributed by atoms with van der Waals surface area (Å²) < 4.78 is 5.70. The fourth-order valence-corrected chi connectivity index (χ4v) is 3.44. The first-order chi connectivity index (χ1) is 15.0. The molecule has 5 nitrogen and oxygen atoms in total. The first-order valence-corrected chi connectivity index (χ1v) is 11.3. The standard InChI is InChI=1S/C25H33ClN2O3/c1-4-19(3)27-25(30)23(5-2)28(18-20-12-9-10-15-22(20)26)24(29)16-11-17-31-21-13-7-6-8-14-21/h6-10,12-15,19,23H,4-5,11,16-18H2,1-3H3,(H,27,30)/t19-,23+/m0/s1. The first-order valence-electron chi connectivity index (χ1n) is 11.0. The lowest BCUT2D eigenvalue weighted by atomic mass is 10.1. The summed E-state index contributed by atoms with van der Waals surface area (Å²) in [6.07, 6.45) is 2.22. The number of hydrogen-bond donors (Lipinski definition) is 1. The topological polar surface area (TPSA) is 58.6 Å². The molecule has 2 rings (SSSR count). The highest BCUT2D eigenvalue weighted by molar-refractivity contribution is 6.31. The summed E-state index contributed by atoms with van der Waals surface area (Å²) in [6.45, 7) is 6.64. The zero-order chi connectivity index (χ0) is 22.6. The van der Waals surface area contributed by atoms with E-state index in [0.717, 1.165) is 17.7 Å². The Morgan fingerprint density at radius 2 is 1.71 bits per heavy atom. The molecular weight excluding hydrogens is 412 g/mol. The Bertz CT molecular complexity index is 829. The van der Waals surface area contributed by atoms with Gasteiger partial charge in [0.25, 0.3) is 0 Å². The van der Waals surface area contributed by atoms with E-state index in [-0.39, 0.29) is 17.9 Å². The van der Waals surface area contributed by atoms with Crippen LogP contribution in [0.2, 0.25) is 5.02 Å². The van der Waals surface area contributed by atoms with Crippen molar-refractivity contribution < 1.29 is 14.3 Å². The van der Waals surface area contributed by atoms with Crippen LogP contribution in [0.1, 0.15) is 52.0 Å². The first kappa shape index (κ1) is 24.7. The normalized spacial score (nSPS) is 12.6. The van der Waals surface area contributed by atoms with E-state index in [0.29, 0.717) is 37.4 Å². The number of halogens is 1. The molecule has 2 atom stereocenters. The highest BCUT2D eigenvalue weighted by atomic mass is 35.5. The molecule has 0 unspecified atom stereocenters. The summed E-state index contributed by atoms with van der Waals surface area (Å²) in [5.41, 5.74) is 0.827. The van der Waals surface area contributed by atoms with Crippen molar-refractivity contribution in [1.29, 1.82) is 0 Å². The molecule has 0 spiro atoms. The second-order valence-electron chi connectivity index (χ2n) is 7.62. The molecule has 2 aromatic carbocycles.